The number of aliphatic hydroxyl groups is 1. The van der Waals surface area contributed by atoms with E-state index in [4.69, 9.17) is 37.0 Å². The van der Waals surface area contributed by atoms with E-state index in [1.807, 2.05) is 0 Å². The van der Waals surface area contributed by atoms with Crippen molar-refractivity contribution in [2.45, 2.75) is 356 Å². The van der Waals surface area contributed by atoms with Gasteiger partial charge in [-0.2, -0.15) is 0 Å². The molecule has 0 radical (unpaired) electrons. The van der Waals surface area contributed by atoms with Crippen molar-refractivity contribution in [1.29, 1.82) is 0 Å². The molecule has 6 atom stereocenters. The maximum Gasteiger partial charge on any atom is 0.472 e. The van der Waals surface area contributed by atoms with Crippen molar-refractivity contribution < 1.29 is 80.2 Å². The van der Waals surface area contributed by atoms with Crippen LogP contribution in [0.4, 0.5) is 0 Å². The van der Waals surface area contributed by atoms with E-state index in [-0.39, 0.29) is 25.7 Å². The van der Waals surface area contributed by atoms with Crippen LogP contribution < -0.4 is 0 Å². The Balaban J connectivity index is 5.22. The summed E-state index contributed by atoms with van der Waals surface area (Å²) in [6, 6.07) is 0. The number of rotatable bonds is 66. The number of carbonyl (C=O) groups excluding carboxylic acids is 4. The molecule has 0 saturated heterocycles. The average molecular weight is 1300 g/mol. The fourth-order valence-electron chi connectivity index (χ4n) is 10.3. The smallest absolute Gasteiger partial charge is 0.462 e. The van der Waals surface area contributed by atoms with E-state index in [2.05, 4.69) is 55.4 Å². The van der Waals surface area contributed by atoms with E-state index >= 15 is 0 Å². The minimum Gasteiger partial charge on any atom is -0.462 e. The number of ether oxygens (including phenoxy) is 4. The summed E-state index contributed by atoms with van der Waals surface area (Å²) in [7, 11) is -9.90. The lowest BCUT2D eigenvalue weighted by atomic mass is 10.00. The molecular formula is C69H134O17P2. The molecule has 0 aromatic heterocycles. The molecule has 3 unspecified atom stereocenters. The number of phosphoric acid groups is 2. The van der Waals surface area contributed by atoms with E-state index in [0.29, 0.717) is 31.6 Å². The number of unbranched alkanes of at least 4 members (excludes halogenated alkanes) is 31. The summed E-state index contributed by atoms with van der Waals surface area (Å²) in [5.41, 5.74) is 0. The quantitative estimate of drug-likeness (QED) is 0.0222. The SMILES string of the molecule is CCC(C)CCCCCCCCC(=O)O[C@H](COC(=O)CCCCCCCCCCCCCCC(C)C)COP(=O)(O)OC[C@@H](O)COP(=O)(O)OC[C@@H](COC(=O)CCCCCCCCC(C)C)OC(=O)CCCCCCCCCCCCCC(C)C. The predicted molar refractivity (Wildman–Crippen MR) is 354 cm³/mol. The number of hydrogen-bond acceptors (Lipinski definition) is 15. The number of esters is 4. The van der Waals surface area contributed by atoms with Crippen molar-refractivity contribution >= 4 is 39.5 Å². The van der Waals surface area contributed by atoms with Crippen LogP contribution in [0.25, 0.3) is 0 Å². The van der Waals surface area contributed by atoms with Crippen molar-refractivity contribution in [1.82, 2.24) is 0 Å². The fourth-order valence-corrected chi connectivity index (χ4v) is 11.9. The fraction of sp³-hybridized carbons (Fsp3) is 0.942. The number of aliphatic hydroxyl groups excluding tert-OH is 1. The van der Waals surface area contributed by atoms with Gasteiger partial charge in [-0.05, 0) is 49.4 Å². The highest BCUT2D eigenvalue weighted by Gasteiger charge is 2.30. The third-order valence-corrected chi connectivity index (χ3v) is 18.1. The van der Waals surface area contributed by atoms with Crippen molar-refractivity contribution in [2.75, 3.05) is 39.6 Å². The summed E-state index contributed by atoms with van der Waals surface area (Å²) in [5.74, 6) is 0.812. The highest BCUT2D eigenvalue weighted by Crippen LogP contribution is 2.45. The molecule has 0 aromatic carbocycles. The maximum absolute atomic E-state index is 13.0. The molecule has 0 aliphatic rings. The molecule has 0 amide bonds. The summed E-state index contributed by atoms with van der Waals surface area (Å²) in [4.78, 5) is 72.4. The summed E-state index contributed by atoms with van der Waals surface area (Å²) < 4.78 is 68.2. The predicted octanol–water partition coefficient (Wildman–Crippen LogP) is 19.3. The normalized spacial score (nSPS) is 14.6. The van der Waals surface area contributed by atoms with Crippen LogP contribution in [0.3, 0.4) is 0 Å². The third-order valence-electron chi connectivity index (χ3n) is 16.2. The summed E-state index contributed by atoms with van der Waals surface area (Å²) in [5, 5.41) is 10.6. The highest BCUT2D eigenvalue weighted by molar-refractivity contribution is 7.47. The number of carbonyl (C=O) groups is 4. The molecule has 0 aliphatic carbocycles. The standard InChI is InChI=1S/C69H134O17P2/c1-9-62(8)48-40-32-26-28-36-44-52-69(74)86-65(55-79-66(71)49-41-33-23-19-15-11-10-13-17-21-29-37-45-59(2)3)58-84-88(77,78)82-54-63(70)53-81-87(75,76)83-57-64(56-80-67(72)50-42-34-27-25-31-39-47-61(6)7)85-68(73)51-43-35-24-20-16-12-14-18-22-30-38-46-60(4)5/h59-65,70H,9-58H2,1-8H3,(H,75,76)(H,77,78)/t62?,63-,64+,65+/m0/s1. The second-order valence-corrected chi connectivity index (χ2v) is 29.5. The van der Waals surface area contributed by atoms with Gasteiger partial charge in [-0.15, -0.1) is 0 Å². The van der Waals surface area contributed by atoms with Gasteiger partial charge in [-0.25, -0.2) is 9.13 Å². The van der Waals surface area contributed by atoms with Crippen LogP contribution >= 0.6 is 15.6 Å². The lowest BCUT2D eigenvalue weighted by Crippen LogP contribution is -2.30. The molecule has 0 fully saturated rings. The summed E-state index contributed by atoms with van der Waals surface area (Å²) in [6.45, 7) is 14.0. The molecule has 0 aliphatic heterocycles. The summed E-state index contributed by atoms with van der Waals surface area (Å²) in [6.07, 6.45) is 40.5. The van der Waals surface area contributed by atoms with Gasteiger partial charge in [-0.1, -0.05) is 287 Å². The van der Waals surface area contributed by atoms with Crippen LogP contribution in [-0.4, -0.2) is 96.7 Å². The minimum absolute atomic E-state index is 0.102. The first-order valence-corrected chi connectivity index (χ1v) is 38.7. The Kier molecular flexibility index (Phi) is 57.6. The zero-order valence-corrected chi connectivity index (χ0v) is 59.1. The lowest BCUT2D eigenvalue weighted by molar-refractivity contribution is -0.161. The zero-order valence-electron chi connectivity index (χ0n) is 57.3. The number of hydrogen-bond donors (Lipinski definition) is 3. The molecule has 522 valence electrons. The molecule has 3 N–H and O–H groups in total. The molecule has 0 bridgehead atoms. The van der Waals surface area contributed by atoms with E-state index in [0.717, 1.165) is 114 Å². The van der Waals surface area contributed by atoms with Gasteiger partial charge in [0, 0.05) is 25.7 Å². The van der Waals surface area contributed by atoms with Gasteiger partial charge in [-0.3, -0.25) is 37.3 Å². The van der Waals surface area contributed by atoms with Crippen molar-refractivity contribution in [3.8, 4) is 0 Å². The second-order valence-electron chi connectivity index (χ2n) is 26.6. The van der Waals surface area contributed by atoms with Crippen LogP contribution in [0, 0.1) is 23.7 Å². The van der Waals surface area contributed by atoms with Crippen LogP contribution in [0.15, 0.2) is 0 Å². The Morgan fingerprint density at radius 2 is 0.545 bits per heavy atom. The lowest BCUT2D eigenvalue weighted by Gasteiger charge is -2.21. The first kappa shape index (κ1) is 86.1. The average Bonchev–Trinajstić information content (AvgIpc) is 3.58. The van der Waals surface area contributed by atoms with Crippen molar-refractivity contribution in [3.05, 3.63) is 0 Å². The highest BCUT2D eigenvalue weighted by atomic mass is 31.2. The first-order valence-electron chi connectivity index (χ1n) is 35.7. The maximum atomic E-state index is 13.0. The van der Waals surface area contributed by atoms with Crippen LogP contribution in [0.2, 0.25) is 0 Å². The molecule has 0 spiro atoms. The monoisotopic (exact) mass is 1300 g/mol. The molecule has 17 nitrogen and oxygen atoms in total. The van der Waals surface area contributed by atoms with Gasteiger partial charge in [0.15, 0.2) is 12.2 Å². The first-order chi connectivity index (χ1) is 42.1. The Labute approximate surface area is 537 Å². The van der Waals surface area contributed by atoms with Gasteiger partial charge in [0.05, 0.1) is 26.4 Å². The molecule has 19 heteroatoms. The van der Waals surface area contributed by atoms with Gasteiger partial charge >= 0.3 is 39.5 Å². The zero-order chi connectivity index (χ0) is 65.4. The molecule has 0 saturated carbocycles. The van der Waals surface area contributed by atoms with Gasteiger partial charge < -0.3 is 33.8 Å². The Bertz CT molecular complexity index is 1750. The summed E-state index contributed by atoms with van der Waals surface area (Å²) >= 11 is 0. The Morgan fingerprint density at radius 1 is 0.318 bits per heavy atom. The van der Waals surface area contributed by atoms with E-state index < -0.39 is 97.5 Å². The van der Waals surface area contributed by atoms with Crippen molar-refractivity contribution in [3.63, 3.8) is 0 Å². The van der Waals surface area contributed by atoms with Gasteiger partial charge in [0.1, 0.15) is 19.3 Å². The van der Waals surface area contributed by atoms with E-state index in [1.54, 1.807) is 0 Å². The Morgan fingerprint density at radius 3 is 0.807 bits per heavy atom. The van der Waals surface area contributed by atoms with Crippen LogP contribution in [0.5, 0.6) is 0 Å². The van der Waals surface area contributed by atoms with Crippen LogP contribution in [0.1, 0.15) is 338 Å². The topological polar surface area (TPSA) is 237 Å². The molecule has 88 heavy (non-hydrogen) atoms. The molecular weight excluding hydrogens is 1160 g/mol. The third kappa shape index (κ3) is 61.6. The van der Waals surface area contributed by atoms with Gasteiger partial charge in [0.25, 0.3) is 0 Å². The Hall–Kier alpha value is -1.94. The van der Waals surface area contributed by atoms with Gasteiger partial charge in [0.2, 0.25) is 0 Å². The van der Waals surface area contributed by atoms with E-state index in [9.17, 15) is 43.2 Å². The molecule has 0 heterocycles. The van der Waals surface area contributed by atoms with Crippen LogP contribution in [-0.2, 0) is 65.4 Å². The second kappa shape index (κ2) is 58.8. The molecule has 0 aromatic rings. The molecule has 0 rings (SSSR count). The minimum atomic E-state index is -4.95. The number of phosphoric ester groups is 2. The van der Waals surface area contributed by atoms with Crippen molar-refractivity contribution in [2.24, 2.45) is 23.7 Å². The van der Waals surface area contributed by atoms with E-state index in [1.165, 1.54) is 135 Å². The largest absolute Gasteiger partial charge is 0.472 e.